The van der Waals surface area contributed by atoms with Crippen molar-refractivity contribution in [1.82, 2.24) is 5.32 Å². The molecule has 0 bridgehead atoms. The van der Waals surface area contributed by atoms with Gasteiger partial charge in [-0.25, -0.2) is 0 Å². The molecule has 0 atom stereocenters. The Hall–Kier alpha value is 0.390. The Morgan fingerprint density at radius 3 is 3.22 bits per heavy atom. The molecule has 1 aliphatic heterocycles. The highest BCUT2D eigenvalue weighted by Gasteiger charge is 2.12. The molecule has 0 aromatic carbocycles. The molecule has 2 rings (SSSR count). The van der Waals surface area contributed by atoms with Gasteiger partial charge in [0, 0.05) is 18.0 Å². The van der Waals surface area contributed by atoms with Crippen LogP contribution in [0.1, 0.15) is 10.4 Å². The molecule has 9 heavy (non-hydrogen) atoms. The van der Waals surface area contributed by atoms with E-state index in [2.05, 4.69) is 34.0 Å². The molecule has 0 saturated heterocycles. The van der Waals surface area contributed by atoms with Crippen LogP contribution in [-0.2, 0) is 13.1 Å². The number of nitrogens with one attached hydrogen (secondary N) is 1. The molecule has 0 amide bonds. The molecule has 0 unspecified atom stereocenters. The van der Waals surface area contributed by atoms with Crippen molar-refractivity contribution in [3.63, 3.8) is 0 Å². The van der Waals surface area contributed by atoms with Crippen LogP contribution in [0, 0.1) is 2.88 Å². The van der Waals surface area contributed by atoms with E-state index in [9.17, 15) is 0 Å². The fourth-order valence-corrected chi connectivity index (χ4v) is 3.09. The van der Waals surface area contributed by atoms with Gasteiger partial charge in [0.15, 0.2) is 0 Å². The van der Waals surface area contributed by atoms with Crippen LogP contribution >= 0.6 is 33.9 Å². The Kier molecular flexibility index (Phi) is 1.51. The van der Waals surface area contributed by atoms with Gasteiger partial charge in [0.2, 0.25) is 0 Å². The average molecular weight is 251 g/mol. The highest BCUT2D eigenvalue weighted by atomic mass is 127. The number of fused-ring (bicyclic) bond motifs is 1. The van der Waals surface area contributed by atoms with Crippen molar-refractivity contribution in [2.75, 3.05) is 0 Å². The number of thiophene rings is 1. The maximum atomic E-state index is 3.30. The topological polar surface area (TPSA) is 12.0 Å². The van der Waals surface area contributed by atoms with Gasteiger partial charge in [-0.15, -0.1) is 11.3 Å². The van der Waals surface area contributed by atoms with E-state index < -0.39 is 0 Å². The molecule has 1 N–H and O–H groups in total. The summed E-state index contributed by atoms with van der Waals surface area (Å²) >= 11 is 4.28. The number of halogens is 1. The summed E-state index contributed by atoms with van der Waals surface area (Å²) in [6, 6.07) is 2.26. The van der Waals surface area contributed by atoms with Gasteiger partial charge >= 0.3 is 0 Å². The zero-order valence-corrected chi connectivity index (χ0v) is 7.75. The van der Waals surface area contributed by atoms with Crippen molar-refractivity contribution in [2.45, 2.75) is 13.1 Å². The van der Waals surface area contributed by atoms with Crippen molar-refractivity contribution < 1.29 is 0 Å². The van der Waals surface area contributed by atoms with Gasteiger partial charge in [-0.2, -0.15) is 0 Å². The molecule has 1 aromatic heterocycles. The highest BCUT2D eigenvalue weighted by Crippen LogP contribution is 2.26. The lowest BCUT2D eigenvalue weighted by Gasteiger charge is -1.84. The number of hydrogen-bond acceptors (Lipinski definition) is 2. The summed E-state index contributed by atoms with van der Waals surface area (Å²) in [5, 5.41) is 3.30. The first-order valence-electron chi connectivity index (χ1n) is 2.84. The van der Waals surface area contributed by atoms with E-state index in [1.54, 1.807) is 0 Å². The summed E-state index contributed by atoms with van der Waals surface area (Å²) in [5.41, 5.74) is 1.50. The normalized spacial score (nSPS) is 16.1. The maximum Gasteiger partial charge on any atom is 0.0660 e. The monoisotopic (exact) mass is 251 g/mol. The maximum absolute atomic E-state index is 3.30. The Morgan fingerprint density at radius 1 is 1.56 bits per heavy atom. The number of rotatable bonds is 0. The molecule has 0 radical (unpaired) electrons. The Balaban J connectivity index is 2.51. The summed E-state index contributed by atoms with van der Waals surface area (Å²) in [4.78, 5) is 1.53. The first kappa shape index (κ1) is 6.12. The van der Waals surface area contributed by atoms with E-state index in [4.69, 9.17) is 0 Å². The van der Waals surface area contributed by atoms with Crippen LogP contribution in [0.25, 0.3) is 0 Å². The minimum atomic E-state index is 1.08. The summed E-state index contributed by atoms with van der Waals surface area (Å²) in [6.07, 6.45) is 0. The summed E-state index contributed by atoms with van der Waals surface area (Å²) in [6.45, 7) is 2.16. The summed E-state index contributed by atoms with van der Waals surface area (Å²) < 4.78 is 1.42. The van der Waals surface area contributed by atoms with Gasteiger partial charge in [-0.3, -0.25) is 0 Å². The third kappa shape index (κ3) is 1.01. The van der Waals surface area contributed by atoms with Gasteiger partial charge in [0.05, 0.1) is 2.88 Å². The molecular weight excluding hydrogens is 245 g/mol. The van der Waals surface area contributed by atoms with Gasteiger partial charge in [-0.1, -0.05) is 0 Å². The van der Waals surface area contributed by atoms with Crippen LogP contribution in [0.15, 0.2) is 6.07 Å². The first-order valence-corrected chi connectivity index (χ1v) is 4.73. The van der Waals surface area contributed by atoms with E-state index in [1.165, 1.54) is 13.3 Å². The van der Waals surface area contributed by atoms with Crippen molar-refractivity contribution in [3.05, 3.63) is 19.4 Å². The fourth-order valence-electron chi connectivity index (χ4n) is 1.04. The van der Waals surface area contributed by atoms with Gasteiger partial charge in [0.1, 0.15) is 0 Å². The fraction of sp³-hybridized carbons (Fsp3) is 0.333. The third-order valence-electron chi connectivity index (χ3n) is 1.47. The number of hydrogen-bond donors (Lipinski definition) is 1. The lowest BCUT2D eigenvalue weighted by Crippen LogP contribution is -2.00. The van der Waals surface area contributed by atoms with Crippen LogP contribution in [0.2, 0.25) is 0 Å². The van der Waals surface area contributed by atoms with Gasteiger partial charge in [0.25, 0.3) is 0 Å². The highest BCUT2D eigenvalue weighted by molar-refractivity contribution is 14.1. The predicted octanol–water partition coefficient (Wildman–Crippen LogP) is 1.96. The molecule has 3 heteroatoms. The van der Waals surface area contributed by atoms with Crippen LogP contribution in [0.3, 0.4) is 0 Å². The van der Waals surface area contributed by atoms with Crippen LogP contribution in [0.4, 0.5) is 0 Å². The second kappa shape index (κ2) is 2.21. The van der Waals surface area contributed by atoms with E-state index >= 15 is 0 Å². The summed E-state index contributed by atoms with van der Waals surface area (Å²) in [7, 11) is 0. The minimum Gasteiger partial charge on any atom is -0.308 e. The lowest BCUT2D eigenvalue weighted by molar-refractivity contribution is 0.767. The molecule has 1 aliphatic rings. The van der Waals surface area contributed by atoms with Crippen molar-refractivity contribution in [2.24, 2.45) is 0 Å². The van der Waals surface area contributed by atoms with Crippen LogP contribution in [-0.4, -0.2) is 0 Å². The Morgan fingerprint density at radius 2 is 2.44 bits per heavy atom. The van der Waals surface area contributed by atoms with E-state index in [0.29, 0.717) is 0 Å². The second-order valence-electron chi connectivity index (χ2n) is 2.10. The zero-order valence-electron chi connectivity index (χ0n) is 4.78. The molecule has 0 spiro atoms. The van der Waals surface area contributed by atoms with Crippen molar-refractivity contribution >= 4 is 33.9 Å². The van der Waals surface area contributed by atoms with E-state index in [1.807, 2.05) is 11.3 Å². The zero-order chi connectivity index (χ0) is 6.27. The van der Waals surface area contributed by atoms with Gasteiger partial charge < -0.3 is 5.32 Å². The van der Waals surface area contributed by atoms with Crippen LogP contribution in [0.5, 0.6) is 0 Å². The second-order valence-corrected chi connectivity index (χ2v) is 5.13. The Bertz CT molecular complexity index is 209. The van der Waals surface area contributed by atoms with E-state index in [-0.39, 0.29) is 0 Å². The first-order chi connectivity index (χ1) is 4.36. The van der Waals surface area contributed by atoms with Crippen LogP contribution < -0.4 is 5.32 Å². The molecule has 0 fully saturated rings. The molecule has 2 heterocycles. The molecule has 0 saturated carbocycles. The van der Waals surface area contributed by atoms with E-state index in [0.717, 1.165) is 13.1 Å². The average Bonchev–Trinajstić information content (AvgIpc) is 2.22. The van der Waals surface area contributed by atoms with Crippen molar-refractivity contribution in [1.29, 1.82) is 0 Å². The quantitative estimate of drug-likeness (QED) is 0.695. The van der Waals surface area contributed by atoms with Gasteiger partial charge in [-0.05, 0) is 34.2 Å². The Labute approximate surface area is 71.6 Å². The molecule has 1 nitrogen and oxygen atoms in total. The molecule has 0 aliphatic carbocycles. The standard InChI is InChI=1S/C6H6INS/c7-6-1-4-2-8-3-5(4)9-6/h1,8H,2-3H2. The SMILES string of the molecule is Ic1cc2c(s1)CNC2. The molecule has 48 valence electrons. The molecular formula is C6H6INS. The lowest BCUT2D eigenvalue weighted by atomic mass is 10.3. The minimum absolute atomic E-state index is 1.08. The summed E-state index contributed by atoms with van der Waals surface area (Å²) in [5.74, 6) is 0. The predicted molar refractivity (Wildman–Crippen MR) is 47.6 cm³/mol. The smallest absolute Gasteiger partial charge is 0.0660 e. The third-order valence-corrected chi connectivity index (χ3v) is 3.41. The molecule has 1 aromatic rings. The largest absolute Gasteiger partial charge is 0.308 e. The van der Waals surface area contributed by atoms with Crippen molar-refractivity contribution in [3.8, 4) is 0 Å².